The molecule has 0 spiro atoms. The predicted molar refractivity (Wildman–Crippen MR) is 112 cm³/mol. The van der Waals surface area contributed by atoms with Crippen molar-refractivity contribution in [2.24, 2.45) is 0 Å². The van der Waals surface area contributed by atoms with Crippen LogP contribution in [0.1, 0.15) is 15.5 Å². The molecule has 0 bridgehead atoms. The van der Waals surface area contributed by atoms with Gasteiger partial charge in [0.1, 0.15) is 5.75 Å². The molecule has 4 aromatic rings. The van der Waals surface area contributed by atoms with Crippen molar-refractivity contribution in [2.45, 2.75) is 6.42 Å². The van der Waals surface area contributed by atoms with E-state index >= 15 is 0 Å². The Morgan fingerprint density at radius 1 is 1.10 bits per heavy atom. The topological polar surface area (TPSA) is 77.2 Å². The molecule has 0 saturated carbocycles. The van der Waals surface area contributed by atoms with Gasteiger partial charge in [0.05, 0.1) is 17.8 Å². The summed E-state index contributed by atoms with van der Waals surface area (Å²) < 4.78 is 36.7. The Labute approximate surface area is 180 Å². The number of aromatic nitrogens is 2. The highest BCUT2D eigenvalue weighted by Gasteiger charge is 2.15. The summed E-state index contributed by atoms with van der Waals surface area (Å²) in [5.74, 6) is -1.43. The molecular formula is C22H17F2N3O3S. The molecule has 9 heteroatoms. The minimum Gasteiger partial charge on any atom is -0.497 e. The Morgan fingerprint density at radius 3 is 2.61 bits per heavy atom. The zero-order chi connectivity index (χ0) is 21.8. The standard InChI is InChI=1S/C22H17F2N3O3S/c1-29-15-5-2-13(3-6-15)19-12-31-21(26-19)8-9-25-22(28)18-11-20(30-27-18)14-4-7-16(23)17(24)10-14/h2-7,10-12H,8-9H2,1H3,(H,25,28). The van der Waals surface area contributed by atoms with Crippen LogP contribution in [0.2, 0.25) is 0 Å². The summed E-state index contributed by atoms with van der Waals surface area (Å²) in [7, 11) is 1.62. The maximum Gasteiger partial charge on any atom is 0.273 e. The van der Waals surface area contributed by atoms with Gasteiger partial charge in [0.2, 0.25) is 0 Å². The number of nitrogens with one attached hydrogen (secondary N) is 1. The zero-order valence-electron chi connectivity index (χ0n) is 16.4. The molecule has 0 atom stereocenters. The largest absolute Gasteiger partial charge is 0.497 e. The van der Waals surface area contributed by atoms with E-state index in [2.05, 4.69) is 15.5 Å². The minimum atomic E-state index is -1.00. The second-order valence-electron chi connectivity index (χ2n) is 6.57. The van der Waals surface area contributed by atoms with E-state index in [9.17, 15) is 13.6 Å². The first kappa shape index (κ1) is 20.7. The molecular weight excluding hydrogens is 424 g/mol. The number of rotatable bonds is 7. The van der Waals surface area contributed by atoms with Crippen molar-refractivity contribution in [3.8, 4) is 28.3 Å². The van der Waals surface area contributed by atoms with Crippen LogP contribution in [0.3, 0.4) is 0 Å². The van der Waals surface area contributed by atoms with E-state index in [0.717, 1.165) is 34.1 Å². The van der Waals surface area contributed by atoms with Crippen LogP contribution in [0.5, 0.6) is 5.75 Å². The number of carbonyl (C=O) groups is 1. The first-order valence-electron chi connectivity index (χ1n) is 9.32. The number of carbonyl (C=O) groups excluding carboxylic acids is 1. The number of nitrogens with zero attached hydrogens (tertiary/aromatic N) is 2. The Morgan fingerprint density at radius 2 is 1.87 bits per heavy atom. The molecule has 6 nitrogen and oxygen atoms in total. The molecule has 0 fully saturated rings. The van der Waals surface area contributed by atoms with Gasteiger partial charge in [-0.1, -0.05) is 5.16 Å². The van der Waals surface area contributed by atoms with Gasteiger partial charge in [-0.3, -0.25) is 4.79 Å². The van der Waals surface area contributed by atoms with Crippen LogP contribution in [0, 0.1) is 11.6 Å². The lowest BCUT2D eigenvalue weighted by atomic mass is 10.1. The van der Waals surface area contributed by atoms with Crippen LogP contribution in [0.25, 0.3) is 22.6 Å². The molecule has 0 radical (unpaired) electrons. The van der Waals surface area contributed by atoms with Gasteiger partial charge < -0.3 is 14.6 Å². The van der Waals surface area contributed by atoms with Crippen LogP contribution >= 0.6 is 11.3 Å². The summed E-state index contributed by atoms with van der Waals surface area (Å²) in [6, 6.07) is 12.3. The molecule has 1 amide bonds. The summed E-state index contributed by atoms with van der Waals surface area (Å²) in [5.41, 5.74) is 2.19. The van der Waals surface area contributed by atoms with E-state index in [1.807, 2.05) is 29.6 Å². The van der Waals surface area contributed by atoms with Gasteiger partial charge in [-0.15, -0.1) is 11.3 Å². The lowest BCUT2D eigenvalue weighted by Crippen LogP contribution is -2.25. The quantitative estimate of drug-likeness (QED) is 0.449. The van der Waals surface area contributed by atoms with Crippen LogP contribution in [-0.4, -0.2) is 29.7 Å². The Bertz CT molecular complexity index is 1200. The molecule has 4 rings (SSSR count). The number of methoxy groups -OCH3 is 1. The monoisotopic (exact) mass is 441 g/mol. The number of hydrogen-bond donors (Lipinski definition) is 1. The first-order chi connectivity index (χ1) is 15.0. The summed E-state index contributed by atoms with van der Waals surface area (Å²) in [5, 5.41) is 9.30. The predicted octanol–water partition coefficient (Wildman–Crippen LogP) is 4.72. The summed E-state index contributed by atoms with van der Waals surface area (Å²) in [6.45, 7) is 0.363. The lowest BCUT2D eigenvalue weighted by molar-refractivity contribution is 0.0945. The highest BCUT2D eigenvalue weighted by Crippen LogP contribution is 2.25. The van der Waals surface area contributed by atoms with Crippen LogP contribution < -0.4 is 10.1 Å². The highest BCUT2D eigenvalue weighted by atomic mass is 32.1. The Balaban J connectivity index is 1.33. The fourth-order valence-corrected chi connectivity index (χ4v) is 3.67. The second-order valence-corrected chi connectivity index (χ2v) is 7.51. The lowest BCUT2D eigenvalue weighted by Gasteiger charge is -2.01. The molecule has 0 aliphatic heterocycles. The fourth-order valence-electron chi connectivity index (χ4n) is 2.86. The van der Waals surface area contributed by atoms with E-state index in [0.29, 0.717) is 18.5 Å². The highest BCUT2D eigenvalue weighted by molar-refractivity contribution is 7.09. The van der Waals surface area contributed by atoms with Gasteiger partial charge >= 0.3 is 0 Å². The second kappa shape index (κ2) is 9.05. The van der Waals surface area contributed by atoms with Crippen LogP contribution in [-0.2, 0) is 6.42 Å². The Hall–Kier alpha value is -3.59. The Kier molecular flexibility index (Phi) is 6.03. The van der Waals surface area contributed by atoms with Crippen molar-refractivity contribution in [2.75, 3.05) is 13.7 Å². The maximum atomic E-state index is 13.4. The molecule has 0 unspecified atom stereocenters. The van der Waals surface area contributed by atoms with Crippen LogP contribution in [0.4, 0.5) is 8.78 Å². The molecule has 0 saturated heterocycles. The van der Waals surface area contributed by atoms with Crippen LogP contribution in [0.15, 0.2) is 58.4 Å². The maximum absolute atomic E-state index is 13.4. The van der Waals surface area contributed by atoms with Gasteiger partial charge in [-0.2, -0.15) is 0 Å². The average molecular weight is 441 g/mol. The van der Waals surface area contributed by atoms with E-state index in [4.69, 9.17) is 9.26 Å². The fraction of sp³-hybridized carbons (Fsp3) is 0.136. The van der Waals surface area contributed by atoms with Gasteiger partial charge in [-0.25, -0.2) is 13.8 Å². The van der Waals surface area contributed by atoms with Crippen molar-refractivity contribution < 1.29 is 22.8 Å². The molecule has 158 valence electrons. The van der Waals surface area contributed by atoms with E-state index in [-0.39, 0.29) is 11.5 Å². The number of halogens is 2. The number of ether oxygens (including phenoxy) is 1. The average Bonchev–Trinajstić information content (AvgIpc) is 3.46. The number of benzene rings is 2. The molecule has 0 aliphatic carbocycles. The minimum absolute atomic E-state index is 0.0535. The third-order valence-electron chi connectivity index (χ3n) is 4.51. The summed E-state index contributed by atoms with van der Waals surface area (Å²) in [6.07, 6.45) is 0.556. The summed E-state index contributed by atoms with van der Waals surface area (Å²) in [4.78, 5) is 16.9. The first-order valence-corrected chi connectivity index (χ1v) is 10.2. The van der Waals surface area contributed by atoms with Crippen molar-refractivity contribution in [3.63, 3.8) is 0 Å². The third-order valence-corrected chi connectivity index (χ3v) is 5.42. The normalized spacial score (nSPS) is 10.8. The van der Waals surface area contributed by atoms with Gasteiger partial charge in [0, 0.05) is 35.5 Å². The molecule has 2 heterocycles. The molecule has 31 heavy (non-hydrogen) atoms. The SMILES string of the molecule is COc1ccc(-c2csc(CCNC(=O)c3cc(-c4ccc(F)c(F)c4)on3)n2)cc1. The number of thiazole rings is 1. The number of hydrogen-bond acceptors (Lipinski definition) is 6. The van der Waals surface area contributed by atoms with E-state index in [1.165, 1.54) is 23.5 Å². The van der Waals surface area contributed by atoms with Gasteiger partial charge in [0.25, 0.3) is 5.91 Å². The van der Waals surface area contributed by atoms with Crippen molar-refractivity contribution >= 4 is 17.2 Å². The third kappa shape index (κ3) is 4.77. The molecule has 2 aromatic carbocycles. The smallest absolute Gasteiger partial charge is 0.273 e. The van der Waals surface area contributed by atoms with Crippen molar-refractivity contribution in [1.82, 2.24) is 15.5 Å². The summed E-state index contributed by atoms with van der Waals surface area (Å²) >= 11 is 1.51. The molecule has 2 aromatic heterocycles. The van der Waals surface area contributed by atoms with Gasteiger partial charge in [0.15, 0.2) is 23.1 Å². The van der Waals surface area contributed by atoms with E-state index < -0.39 is 17.5 Å². The van der Waals surface area contributed by atoms with Gasteiger partial charge in [-0.05, 0) is 42.5 Å². The molecule has 1 N–H and O–H groups in total. The van der Waals surface area contributed by atoms with E-state index in [1.54, 1.807) is 7.11 Å². The van der Waals surface area contributed by atoms with Crippen molar-refractivity contribution in [1.29, 1.82) is 0 Å². The van der Waals surface area contributed by atoms with Crippen molar-refractivity contribution in [3.05, 3.63) is 76.2 Å². The molecule has 0 aliphatic rings. The number of amides is 1. The zero-order valence-corrected chi connectivity index (χ0v) is 17.2.